The minimum Gasteiger partial charge on any atom is -0.429 e. The molecule has 0 bridgehead atoms. The molecule has 18 nitrogen and oxygen atoms in total. The van der Waals surface area contributed by atoms with Crippen LogP contribution in [0.15, 0.2) is 60.7 Å². The molecule has 1 heterocycles. The highest BCUT2D eigenvalue weighted by Crippen LogP contribution is 2.15. The summed E-state index contributed by atoms with van der Waals surface area (Å²) < 4.78 is 10.2. The number of ether oxygens (including phenoxy) is 2. The molecule has 0 radical (unpaired) electrons. The van der Waals surface area contributed by atoms with Crippen LogP contribution < -0.4 is 27.0 Å². The second-order valence-electron chi connectivity index (χ2n) is 12.7. The first-order valence-electron chi connectivity index (χ1n) is 17.3. The van der Waals surface area contributed by atoms with Gasteiger partial charge < -0.3 is 36.5 Å². The number of primary amides is 1. The van der Waals surface area contributed by atoms with Crippen molar-refractivity contribution in [1.29, 1.82) is 0 Å². The molecule has 0 unspecified atom stereocenters. The molecule has 7 amide bonds. The first-order valence-corrected chi connectivity index (χ1v) is 17.3. The fourth-order valence-electron chi connectivity index (χ4n) is 5.17. The minimum absolute atomic E-state index is 0.0901. The highest BCUT2D eigenvalue weighted by Gasteiger charge is 2.29. The first kappa shape index (κ1) is 42.1. The minimum atomic E-state index is -1.05. The number of nitrogens with two attached hydrogens (primary N) is 1. The Morgan fingerprint density at radius 3 is 1.96 bits per heavy atom. The predicted octanol–water partition coefficient (Wildman–Crippen LogP) is 2.95. The number of unbranched alkanes of at least 4 members (excludes halogenated alkanes) is 2. The number of nitrogens with zero attached hydrogens (tertiary/aromatic N) is 2. The van der Waals surface area contributed by atoms with Gasteiger partial charge in [-0.1, -0.05) is 32.4 Å². The van der Waals surface area contributed by atoms with Gasteiger partial charge in [0.15, 0.2) is 0 Å². The van der Waals surface area contributed by atoms with Gasteiger partial charge in [0, 0.05) is 49.5 Å². The summed E-state index contributed by atoms with van der Waals surface area (Å²) in [6.45, 7) is 3.62. The molecule has 2 aromatic carbocycles. The molecule has 0 aliphatic carbocycles. The number of imide groups is 1. The van der Waals surface area contributed by atoms with Crippen molar-refractivity contribution in [2.75, 3.05) is 18.4 Å². The largest absolute Gasteiger partial charge is 0.508 e. The van der Waals surface area contributed by atoms with Crippen LogP contribution in [0.3, 0.4) is 0 Å². The summed E-state index contributed by atoms with van der Waals surface area (Å²) in [4.78, 5) is 97.4. The topological polar surface area (TPSA) is 258 Å². The lowest BCUT2D eigenvalue weighted by atomic mass is 10.0. The summed E-state index contributed by atoms with van der Waals surface area (Å²) in [5.41, 5.74) is 6.54. The van der Waals surface area contributed by atoms with Crippen molar-refractivity contribution in [2.24, 2.45) is 11.7 Å². The molecule has 0 saturated carbocycles. The van der Waals surface area contributed by atoms with Crippen LogP contribution in [0.1, 0.15) is 63.5 Å². The molecule has 1 aliphatic heterocycles. The molecule has 6 N–H and O–H groups in total. The van der Waals surface area contributed by atoms with Gasteiger partial charge in [0.2, 0.25) is 17.7 Å². The van der Waals surface area contributed by atoms with Crippen LogP contribution in [-0.2, 0) is 46.7 Å². The normalized spacial score (nSPS) is 13.2. The van der Waals surface area contributed by atoms with Crippen LogP contribution >= 0.6 is 0 Å². The molecule has 18 heteroatoms. The zero-order chi connectivity index (χ0) is 39.6. The number of urea groups is 1. The number of hydrogen-bond acceptors (Lipinski definition) is 11. The van der Waals surface area contributed by atoms with E-state index in [2.05, 4.69) is 21.3 Å². The molecule has 1 aliphatic rings. The predicted molar refractivity (Wildman–Crippen MR) is 193 cm³/mol. The zero-order valence-corrected chi connectivity index (χ0v) is 30.0. The molecule has 54 heavy (non-hydrogen) atoms. The van der Waals surface area contributed by atoms with Crippen LogP contribution in [0.2, 0.25) is 0 Å². The summed E-state index contributed by atoms with van der Waals surface area (Å²) in [6, 6.07) is 9.13. The Hall–Kier alpha value is -6.33. The number of carbonyl (C=O) groups is 7. The van der Waals surface area contributed by atoms with Gasteiger partial charge in [-0.2, -0.15) is 0 Å². The van der Waals surface area contributed by atoms with Crippen LogP contribution in [-0.4, -0.2) is 76.7 Å². The quantitative estimate of drug-likeness (QED) is 0.0407. The van der Waals surface area contributed by atoms with Crippen molar-refractivity contribution >= 4 is 53.1 Å². The summed E-state index contributed by atoms with van der Waals surface area (Å²) >= 11 is 0. The van der Waals surface area contributed by atoms with Crippen LogP contribution in [0, 0.1) is 16.0 Å². The van der Waals surface area contributed by atoms with E-state index in [1.165, 1.54) is 36.4 Å². The van der Waals surface area contributed by atoms with Crippen molar-refractivity contribution in [3.63, 3.8) is 0 Å². The summed E-state index contributed by atoms with van der Waals surface area (Å²) in [5.74, 6) is -2.55. The maximum atomic E-state index is 13.4. The molecule has 0 spiro atoms. The number of nitrogens with one attached hydrogen (secondary N) is 4. The highest BCUT2D eigenvalue weighted by molar-refractivity contribution is 6.12. The molecule has 290 valence electrons. The van der Waals surface area contributed by atoms with Gasteiger partial charge in [0.25, 0.3) is 17.5 Å². The van der Waals surface area contributed by atoms with E-state index in [0.29, 0.717) is 42.5 Å². The van der Waals surface area contributed by atoms with E-state index in [9.17, 15) is 43.7 Å². The van der Waals surface area contributed by atoms with E-state index >= 15 is 0 Å². The van der Waals surface area contributed by atoms with Gasteiger partial charge >= 0.3 is 12.2 Å². The molecular weight excluding hydrogens is 706 g/mol. The molecule has 3 rings (SSSR count). The fraction of sp³-hybridized carbons (Fsp3) is 0.417. The van der Waals surface area contributed by atoms with E-state index in [1.807, 2.05) is 0 Å². The Morgan fingerprint density at radius 2 is 1.41 bits per heavy atom. The highest BCUT2D eigenvalue weighted by atomic mass is 16.7. The van der Waals surface area contributed by atoms with Crippen molar-refractivity contribution in [3.8, 4) is 0 Å². The lowest BCUT2D eigenvalue weighted by Crippen LogP contribution is -2.54. The zero-order valence-electron chi connectivity index (χ0n) is 30.0. The smallest absolute Gasteiger partial charge is 0.429 e. The first-order chi connectivity index (χ1) is 25.7. The maximum absolute atomic E-state index is 13.4. The van der Waals surface area contributed by atoms with Gasteiger partial charge in [-0.15, -0.1) is 0 Å². The van der Waals surface area contributed by atoms with E-state index < -0.39 is 41.0 Å². The van der Waals surface area contributed by atoms with Crippen molar-refractivity contribution in [2.45, 2.75) is 77.7 Å². The third-order valence-corrected chi connectivity index (χ3v) is 8.14. The third kappa shape index (κ3) is 14.4. The van der Waals surface area contributed by atoms with Crippen LogP contribution in [0.25, 0.3) is 0 Å². The third-order valence-electron chi connectivity index (χ3n) is 8.14. The number of amides is 7. The average molecular weight is 752 g/mol. The van der Waals surface area contributed by atoms with Crippen LogP contribution in [0.4, 0.5) is 21.0 Å². The van der Waals surface area contributed by atoms with E-state index in [-0.39, 0.29) is 68.5 Å². The standard InChI is InChI=1S/C36H45N7O11/c1-23(2)32(41-29(44)8-4-3-5-20-42-30(45)17-18-31(42)46)34(48)40-28(7-6-19-38-35(37)49)33(47)39-26-13-9-24(10-14-26)21-53-36(50)54-22-25-11-15-27(16-12-25)43(51)52/h9-18,23,28,32H,3-8,19-22H2,1-2H3,(H,39,47)(H,40,48)(H,41,44)(H3,37,38,49)/t28-,32-/m0/s1. The van der Waals surface area contributed by atoms with Crippen LogP contribution in [0.5, 0.6) is 0 Å². The number of carbonyl (C=O) groups excluding carboxylic acids is 7. The molecular formula is C36H45N7O11. The van der Waals surface area contributed by atoms with Gasteiger partial charge in [-0.25, -0.2) is 9.59 Å². The SMILES string of the molecule is CC(C)[C@H](NC(=O)CCCCCN1C(=O)C=CC1=O)C(=O)N[C@@H](CCCNC(N)=O)C(=O)Nc1ccc(COC(=O)OCc2ccc([N+](=O)[O-])cc2)cc1. The Morgan fingerprint density at radius 1 is 0.815 bits per heavy atom. The summed E-state index contributed by atoms with van der Waals surface area (Å²) in [7, 11) is 0. The number of hydrogen-bond donors (Lipinski definition) is 5. The lowest BCUT2D eigenvalue weighted by Gasteiger charge is -2.25. The number of non-ortho nitro benzene ring substituents is 1. The maximum Gasteiger partial charge on any atom is 0.508 e. The molecule has 2 atom stereocenters. The average Bonchev–Trinajstić information content (AvgIpc) is 3.45. The number of rotatable bonds is 21. The number of anilines is 1. The second-order valence-corrected chi connectivity index (χ2v) is 12.7. The van der Waals surface area contributed by atoms with E-state index in [4.69, 9.17) is 15.2 Å². The van der Waals surface area contributed by atoms with Crippen molar-refractivity contribution in [3.05, 3.63) is 81.9 Å². The summed E-state index contributed by atoms with van der Waals surface area (Å²) in [6.07, 6.45) is 3.60. The number of benzene rings is 2. The molecule has 0 fully saturated rings. The fourth-order valence-corrected chi connectivity index (χ4v) is 5.17. The number of nitro benzene ring substituents is 1. The van der Waals surface area contributed by atoms with Gasteiger partial charge in [0.1, 0.15) is 25.3 Å². The van der Waals surface area contributed by atoms with Gasteiger partial charge in [0.05, 0.1) is 4.92 Å². The molecule has 2 aromatic rings. The monoisotopic (exact) mass is 751 g/mol. The Balaban J connectivity index is 1.50. The Kier molecular flexibility index (Phi) is 16.6. The van der Waals surface area contributed by atoms with E-state index in [1.54, 1.807) is 38.1 Å². The molecule has 0 aromatic heterocycles. The van der Waals surface area contributed by atoms with Crippen molar-refractivity contribution < 1.29 is 48.0 Å². The van der Waals surface area contributed by atoms with Gasteiger partial charge in [-0.3, -0.25) is 39.0 Å². The Labute approximate surface area is 311 Å². The number of nitro groups is 1. The van der Waals surface area contributed by atoms with E-state index in [0.717, 1.165) is 4.90 Å². The summed E-state index contributed by atoms with van der Waals surface area (Å²) in [5, 5.41) is 21.4. The van der Waals surface area contributed by atoms with Gasteiger partial charge in [-0.05, 0) is 67.0 Å². The van der Waals surface area contributed by atoms with Crippen molar-refractivity contribution in [1.82, 2.24) is 20.9 Å². The second kappa shape index (κ2) is 21.3. The molecule has 0 saturated heterocycles. The lowest BCUT2D eigenvalue weighted by molar-refractivity contribution is -0.384. The Bertz CT molecular complexity index is 1680.